The summed E-state index contributed by atoms with van der Waals surface area (Å²) in [5.74, 6) is -1.44. The maximum Gasteiger partial charge on any atom is 0.410 e. The maximum absolute atomic E-state index is 12.2. The molecule has 0 aromatic carbocycles. The van der Waals surface area contributed by atoms with Gasteiger partial charge in [-0.3, -0.25) is 19.7 Å². The van der Waals surface area contributed by atoms with Crippen molar-refractivity contribution < 1.29 is 23.9 Å². The van der Waals surface area contributed by atoms with E-state index in [9.17, 15) is 19.2 Å². The second kappa shape index (κ2) is 6.55. The van der Waals surface area contributed by atoms with E-state index in [0.717, 1.165) is 0 Å². The number of carbonyl (C=O) groups is 4. The Kier molecular flexibility index (Phi) is 4.91. The predicted molar refractivity (Wildman–Crippen MR) is 80.2 cm³/mol. The minimum absolute atomic E-state index is 0.214. The highest BCUT2D eigenvalue weighted by Gasteiger charge is 2.36. The van der Waals surface area contributed by atoms with E-state index in [4.69, 9.17) is 4.74 Å². The van der Waals surface area contributed by atoms with Crippen molar-refractivity contribution in [2.45, 2.75) is 51.7 Å². The molecule has 0 bridgehead atoms. The maximum atomic E-state index is 12.2. The molecule has 2 heterocycles. The number of hydrogen-bond acceptors (Lipinski definition) is 5. The van der Waals surface area contributed by atoms with Crippen LogP contribution in [0.3, 0.4) is 0 Å². The zero-order valence-electron chi connectivity index (χ0n) is 13.7. The molecule has 0 aromatic heterocycles. The van der Waals surface area contributed by atoms with Gasteiger partial charge in [-0.1, -0.05) is 0 Å². The van der Waals surface area contributed by atoms with Crippen LogP contribution in [-0.2, 0) is 19.1 Å². The smallest absolute Gasteiger partial charge is 0.410 e. The van der Waals surface area contributed by atoms with Gasteiger partial charge in [0.1, 0.15) is 11.6 Å². The van der Waals surface area contributed by atoms with Gasteiger partial charge < -0.3 is 15.0 Å². The van der Waals surface area contributed by atoms with Gasteiger partial charge in [0.2, 0.25) is 17.7 Å². The fourth-order valence-corrected chi connectivity index (χ4v) is 2.59. The molecule has 0 saturated carbocycles. The highest BCUT2D eigenvalue weighted by molar-refractivity contribution is 6.01. The standard InChI is InChI=1S/C15H23N3O5/c1-15(2,3)23-14(22)18-7-6-9(8-18)12(20)16-10-4-5-11(19)17-13(10)21/h9-10H,4-8H2,1-3H3,(H,16,20)(H,17,19,21). The van der Waals surface area contributed by atoms with Gasteiger partial charge in [-0.05, 0) is 33.6 Å². The molecule has 4 amide bonds. The molecule has 0 aromatic rings. The first-order chi connectivity index (χ1) is 10.7. The van der Waals surface area contributed by atoms with Crippen molar-refractivity contribution in [2.75, 3.05) is 13.1 Å². The normalized spacial score (nSPS) is 25.1. The molecule has 2 aliphatic rings. The number of piperidine rings is 1. The summed E-state index contributed by atoms with van der Waals surface area (Å²) in [6.07, 6.45) is 0.608. The molecule has 128 valence electrons. The number of hydrogen-bond donors (Lipinski definition) is 2. The van der Waals surface area contributed by atoms with Crippen molar-refractivity contribution in [3.8, 4) is 0 Å². The fourth-order valence-electron chi connectivity index (χ4n) is 2.59. The van der Waals surface area contributed by atoms with Crippen LogP contribution in [0.15, 0.2) is 0 Å². The first-order valence-electron chi connectivity index (χ1n) is 7.78. The van der Waals surface area contributed by atoms with Crippen molar-refractivity contribution in [1.82, 2.24) is 15.5 Å². The number of nitrogens with zero attached hydrogens (tertiary/aromatic N) is 1. The third-order valence-corrected chi connectivity index (χ3v) is 3.77. The molecule has 8 heteroatoms. The first kappa shape index (κ1) is 17.2. The molecule has 2 saturated heterocycles. The number of carbonyl (C=O) groups excluding carboxylic acids is 4. The Morgan fingerprint density at radius 2 is 1.96 bits per heavy atom. The summed E-state index contributed by atoms with van der Waals surface area (Å²) in [6.45, 7) is 6.08. The topological polar surface area (TPSA) is 105 Å². The molecule has 0 spiro atoms. The van der Waals surface area contributed by atoms with Crippen LogP contribution in [0.2, 0.25) is 0 Å². The summed E-state index contributed by atoms with van der Waals surface area (Å²) >= 11 is 0. The van der Waals surface area contributed by atoms with Gasteiger partial charge in [0.05, 0.1) is 5.92 Å². The molecular weight excluding hydrogens is 302 g/mol. The Balaban J connectivity index is 1.84. The monoisotopic (exact) mass is 325 g/mol. The van der Waals surface area contributed by atoms with Gasteiger partial charge in [0.25, 0.3) is 0 Å². The molecule has 2 atom stereocenters. The summed E-state index contributed by atoms with van der Waals surface area (Å²) < 4.78 is 5.28. The van der Waals surface area contributed by atoms with Crippen LogP contribution in [0, 0.1) is 5.92 Å². The molecule has 0 aliphatic carbocycles. The molecule has 23 heavy (non-hydrogen) atoms. The number of ether oxygens (including phenoxy) is 1. The van der Waals surface area contributed by atoms with Crippen LogP contribution in [-0.4, -0.2) is 53.4 Å². The van der Waals surface area contributed by atoms with Crippen molar-refractivity contribution in [1.29, 1.82) is 0 Å². The Morgan fingerprint density at radius 3 is 2.57 bits per heavy atom. The van der Waals surface area contributed by atoms with Gasteiger partial charge in [0, 0.05) is 19.5 Å². The van der Waals surface area contributed by atoms with E-state index in [0.29, 0.717) is 19.4 Å². The zero-order valence-corrected chi connectivity index (χ0v) is 13.7. The van der Waals surface area contributed by atoms with Gasteiger partial charge in [0.15, 0.2) is 0 Å². The Morgan fingerprint density at radius 1 is 1.26 bits per heavy atom. The highest BCUT2D eigenvalue weighted by atomic mass is 16.6. The largest absolute Gasteiger partial charge is 0.444 e. The number of imide groups is 1. The first-order valence-corrected chi connectivity index (χ1v) is 7.78. The van der Waals surface area contributed by atoms with Crippen LogP contribution in [0.1, 0.15) is 40.0 Å². The lowest BCUT2D eigenvalue weighted by atomic mass is 10.0. The second-order valence-electron chi connectivity index (χ2n) is 6.92. The zero-order chi connectivity index (χ0) is 17.2. The Hall–Kier alpha value is -2.12. The van der Waals surface area contributed by atoms with E-state index in [1.165, 1.54) is 4.90 Å². The lowest BCUT2D eigenvalue weighted by Crippen LogP contribution is -2.53. The van der Waals surface area contributed by atoms with Crippen LogP contribution < -0.4 is 10.6 Å². The Labute approximate surface area is 134 Å². The second-order valence-corrected chi connectivity index (χ2v) is 6.92. The summed E-state index contributed by atoms with van der Waals surface area (Å²) in [6, 6.07) is -0.684. The number of likely N-dealkylation sites (tertiary alicyclic amines) is 1. The number of nitrogens with one attached hydrogen (secondary N) is 2. The number of rotatable bonds is 2. The minimum atomic E-state index is -0.684. The fraction of sp³-hybridized carbons (Fsp3) is 0.733. The van der Waals surface area contributed by atoms with Crippen LogP contribution in [0.5, 0.6) is 0 Å². The van der Waals surface area contributed by atoms with Crippen molar-refractivity contribution in [2.24, 2.45) is 5.92 Å². The molecule has 2 rings (SSSR count). The van der Waals surface area contributed by atoms with E-state index >= 15 is 0 Å². The average molecular weight is 325 g/mol. The molecule has 0 radical (unpaired) electrons. The lowest BCUT2D eigenvalue weighted by molar-refractivity contribution is -0.138. The van der Waals surface area contributed by atoms with Crippen molar-refractivity contribution in [3.05, 3.63) is 0 Å². The van der Waals surface area contributed by atoms with Gasteiger partial charge in [-0.2, -0.15) is 0 Å². The molecule has 2 fully saturated rings. The van der Waals surface area contributed by atoms with Gasteiger partial charge >= 0.3 is 6.09 Å². The molecule has 2 N–H and O–H groups in total. The van der Waals surface area contributed by atoms with Crippen LogP contribution in [0.25, 0.3) is 0 Å². The van der Waals surface area contributed by atoms with Gasteiger partial charge in [-0.15, -0.1) is 0 Å². The van der Waals surface area contributed by atoms with Crippen LogP contribution in [0.4, 0.5) is 4.79 Å². The van der Waals surface area contributed by atoms with Crippen molar-refractivity contribution >= 4 is 23.8 Å². The molecule has 2 aliphatic heterocycles. The average Bonchev–Trinajstić information content (AvgIpc) is 2.90. The molecule has 8 nitrogen and oxygen atoms in total. The minimum Gasteiger partial charge on any atom is -0.444 e. The third-order valence-electron chi connectivity index (χ3n) is 3.77. The predicted octanol–water partition coefficient (Wildman–Crippen LogP) is 0.165. The SMILES string of the molecule is CC(C)(C)OC(=O)N1CCC(C(=O)NC2CCC(=O)NC2=O)C1. The van der Waals surface area contributed by atoms with Crippen LogP contribution >= 0.6 is 0 Å². The van der Waals surface area contributed by atoms with E-state index in [1.807, 2.05) is 0 Å². The van der Waals surface area contributed by atoms with Gasteiger partial charge in [-0.25, -0.2) is 4.79 Å². The summed E-state index contributed by atoms with van der Waals surface area (Å²) in [4.78, 5) is 48.5. The van der Waals surface area contributed by atoms with E-state index < -0.39 is 23.6 Å². The summed E-state index contributed by atoms with van der Waals surface area (Å²) in [5.41, 5.74) is -0.579. The van der Waals surface area contributed by atoms with E-state index in [1.54, 1.807) is 20.8 Å². The number of amides is 4. The third kappa shape index (κ3) is 4.67. The quantitative estimate of drug-likeness (QED) is 0.704. The summed E-state index contributed by atoms with van der Waals surface area (Å²) in [5, 5.41) is 4.86. The van der Waals surface area contributed by atoms with Crippen molar-refractivity contribution in [3.63, 3.8) is 0 Å². The molecular formula is C15H23N3O5. The Bertz CT molecular complexity index is 526. The lowest BCUT2D eigenvalue weighted by Gasteiger charge is -2.25. The molecule has 2 unspecified atom stereocenters. The van der Waals surface area contributed by atoms with E-state index in [2.05, 4.69) is 10.6 Å². The highest BCUT2D eigenvalue weighted by Crippen LogP contribution is 2.20. The summed E-state index contributed by atoms with van der Waals surface area (Å²) in [7, 11) is 0. The van der Waals surface area contributed by atoms with E-state index in [-0.39, 0.29) is 30.7 Å².